The molecule has 0 aliphatic carbocycles. The van der Waals surface area contributed by atoms with E-state index in [1.54, 1.807) is 24.3 Å². The molecule has 0 fully saturated rings. The number of esters is 1. The molecular formula is C31H24IN3O5. The van der Waals surface area contributed by atoms with Crippen molar-refractivity contribution in [2.24, 2.45) is 10.2 Å². The van der Waals surface area contributed by atoms with E-state index in [9.17, 15) is 14.7 Å². The number of aromatic hydroxyl groups is 1. The smallest absolute Gasteiger partial charge is 0.348 e. The van der Waals surface area contributed by atoms with Crippen LogP contribution >= 0.6 is 22.6 Å². The van der Waals surface area contributed by atoms with Gasteiger partial charge in [-0.25, -0.2) is 4.79 Å². The van der Waals surface area contributed by atoms with E-state index in [0.717, 1.165) is 14.7 Å². The number of carbonyl (C=O) groups is 2. The van der Waals surface area contributed by atoms with Crippen molar-refractivity contribution < 1.29 is 24.2 Å². The van der Waals surface area contributed by atoms with Gasteiger partial charge in [0, 0.05) is 20.9 Å². The lowest BCUT2D eigenvalue weighted by atomic mass is 10.1. The lowest BCUT2D eigenvalue weighted by Gasteiger charge is -2.18. The Morgan fingerprint density at radius 2 is 1.55 bits per heavy atom. The molecule has 8 nitrogen and oxygen atoms in total. The molecule has 1 heterocycles. The highest BCUT2D eigenvalue weighted by Gasteiger charge is 2.23. The fourth-order valence-electron chi connectivity index (χ4n) is 4.05. The lowest BCUT2D eigenvalue weighted by Crippen LogP contribution is -2.31. The van der Waals surface area contributed by atoms with Gasteiger partial charge in [0.2, 0.25) is 5.88 Å². The van der Waals surface area contributed by atoms with Crippen molar-refractivity contribution in [1.82, 2.24) is 4.98 Å². The first-order chi connectivity index (χ1) is 19.5. The number of H-pyrrole nitrogens is 1. The molecule has 9 heteroatoms. The van der Waals surface area contributed by atoms with E-state index in [1.165, 1.54) is 0 Å². The van der Waals surface area contributed by atoms with Crippen LogP contribution in [0.25, 0.3) is 10.9 Å². The molecule has 200 valence electrons. The summed E-state index contributed by atoms with van der Waals surface area (Å²) in [5, 5.41) is 18.7. The van der Waals surface area contributed by atoms with Crippen molar-refractivity contribution in [3.8, 4) is 11.6 Å². The van der Waals surface area contributed by atoms with Crippen LogP contribution in [0.15, 0.2) is 113 Å². The Hall–Kier alpha value is -4.51. The summed E-state index contributed by atoms with van der Waals surface area (Å²) in [6.07, 6.45) is -0.573. The first-order valence-electron chi connectivity index (χ1n) is 12.4. The Labute approximate surface area is 243 Å². The molecule has 5 rings (SSSR count). The number of carbonyl (C=O) groups excluding carboxylic acids is 2. The summed E-state index contributed by atoms with van der Waals surface area (Å²) in [4.78, 5) is 28.5. The number of hydrogen-bond acceptors (Lipinski definition) is 6. The van der Waals surface area contributed by atoms with Crippen molar-refractivity contribution >= 4 is 51.1 Å². The Bertz CT molecular complexity index is 1650. The summed E-state index contributed by atoms with van der Waals surface area (Å²) in [6.45, 7) is 0.137. The summed E-state index contributed by atoms with van der Waals surface area (Å²) in [6, 6.07) is 30.8. The molecule has 1 aromatic heterocycles. The molecule has 5 aromatic rings. The second-order valence-corrected chi connectivity index (χ2v) is 10.2. The third kappa shape index (κ3) is 6.73. The minimum atomic E-state index is -0.889. The lowest BCUT2D eigenvalue weighted by molar-refractivity contribution is -0.153. The molecule has 0 saturated carbocycles. The monoisotopic (exact) mass is 645 g/mol. The van der Waals surface area contributed by atoms with E-state index in [-0.39, 0.29) is 23.7 Å². The molecule has 0 aliphatic heterocycles. The van der Waals surface area contributed by atoms with Crippen LogP contribution < -0.4 is 4.74 Å². The number of nitrogens with zero attached hydrogens (tertiary/aromatic N) is 2. The van der Waals surface area contributed by atoms with E-state index in [1.807, 2.05) is 78.9 Å². The zero-order valence-corrected chi connectivity index (χ0v) is 23.3. The minimum Gasteiger partial charge on any atom is -0.493 e. The van der Waals surface area contributed by atoms with Gasteiger partial charge in [0.25, 0.3) is 5.91 Å². The van der Waals surface area contributed by atoms with Crippen LogP contribution in [-0.4, -0.2) is 28.1 Å². The number of amides is 1. The molecule has 0 aliphatic rings. The molecule has 1 atom stereocenters. The molecule has 40 heavy (non-hydrogen) atoms. The van der Waals surface area contributed by atoms with Gasteiger partial charge in [-0.2, -0.15) is 0 Å². The van der Waals surface area contributed by atoms with E-state index in [0.29, 0.717) is 23.1 Å². The van der Waals surface area contributed by atoms with Crippen molar-refractivity contribution in [1.29, 1.82) is 0 Å². The number of rotatable bonds is 9. The number of ether oxygens (including phenoxy) is 2. The molecule has 1 amide bonds. The molecule has 0 unspecified atom stereocenters. The summed E-state index contributed by atoms with van der Waals surface area (Å²) < 4.78 is 12.5. The largest absolute Gasteiger partial charge is 0.493 e. The Morgan fingerprint density at radius 1 is 0.875 bits per heavy atom. The first-order valence-corrected chi connectivity index (χ1v) is 13.5. The Morgan fingerprint density at radius 3 is 2.25 bits per heavy atom. The molecule has 0 bridgehead atoms. The molecule has 2 N–H and O–H groups in total. The molecule has 0 radical (unpaired) electrons. The number of benzene rings is 4. The van der Waals surface area contributed by atoms with Gasteiger partial charge in [0.15, 0.2) is 11.8 Å². The van der Waals surface area contributed by atoms with Crippen molar-refractivity contribution in [2.45, 2.75) is 19.1 Å². The van der Waals surface area contributed by atoms with Crippen LogP contribution in [0.4, 0.5) is 5.69 Å². The van der Waals surface area contributed by atoms with Crippen molar-refractivity contribution in [3.05, 3.63) is 123 Å². The zero-order valence-electron chi connectivity index (χ0n) is 21.2. The quantitative estimate of drug-likeness (QED) is 0.101. The predicted octanol–water partition coefficient (Wildman–Crippen LogP) is 7.14. The Kier molecular flexibility index (Phi) is 8.50. The van der Waals surface area contributed by atoms with Crippen LogP contribution in [-0.2, 0) is 22.6 Å². The number of aromatic nitrogens is 1. The van der Waals surface area contributed by atoms with Gasteiger partial charge in [-0.15, -0.1) is 10.2 Å². The van der Waals surface area contributed by atoms with Gasteiger partial charge in [-0.05, 0) is 76.2 Å². The normalized spacial score (nSPS) is 11.9. The summed E-state index contributed by atoms with van der Waals surface area (Å²) in [7, 11) is 0. The summed E-state index contributed by atoms with van der Waals surface area (Å²) >= 11 is 2.16. The molecular weight excluding hydrogens is 621 g/mol. The maximum atomic E-state index is 13.0. The van der Waals surface area contributed by atoms with Crippen LogP contribution in [0, 0.1) is 3.57 Å². The van der Waals surface area contributed by atoms with Crippen molar-refractivity contribution in [3.63, 3.8) is 0 Å². The second-order valence-electron chi connectivity index (χ2n) is 8.93. The van der Waals surface area contributed by atoms with Crippen LogP contribution in [0.5, 0.6) is 11.6 Å². The van der Waals surface area contributed by atoms with Gasteiger partial charge in [0.05, 0.1) is 5.52 Å². The SMILES string of the molecule is O=C(N=Nc1c(O)[nH]c2ccc(I)cc12)c1ccc(O[C@@H](Cc2ccccc2)C(=O)OCc2ccccc2)cc1. The highest BCUT2D eigenvalue weighted by molar-refractivity contribution is 14.1. The Balaban J connectivity index is 1.28. The summed E-state index contributed by atoms with van der Waals surface area (Å²) in [5.41, 5.74) is 2.96. The predicted molar refractivity (Wildman–Crippen MR) is 159 cm³/mol. The number of hydrogen-bond donors (Lipinski definition) is 2. The van der Waals surface area contributed by atoms with Crippen LogP contribution in [0.1, 0.15) is 21.5 Å². The number of nitrogens with one attached hydrogen (secondary N) is 1. The maximum absolute atomic E-state index is 13.0. The van der Waals surface area contributed by atoms with Gasteiger partial charge in [0.1, 0.15) is 12.4 Å². The molecule has 0 spiro atoms. The van der Waals surface area contributed by atoms with Gasteiger partial charge >= 0.3 is 5.97 Å². The summed E-state index contributed by atoms with van der Waals surface area (Å²) in [5.74, 6) is -0.847. The number of aromatic amines is 1. The minimum absolute atomic E-state index is 0.137. The van der Waals surface area contributed by atoms with E-state index in [2.05, 4.69) is 37.8 Å². The number of fused-ring (bicyclic) bond motifs is 1. The first kappa shape index (κ1) is 27.1. The maximum Gasteiger partial charge on any atom is 0.348 e. The van der Waals surface area contributed by atoms with Gasteiger partial charge in [-0.3, -0.25) is 4.79 Å². The van der Waals surface area contributed by atoms with E-state index in [4.69, 9.17) is 9.47 Å². The molecule has 0 saturated heterocycles. The van der Waals surface area contributed by atoms with Crippen LogP contribution in [0.2, 0.25) is 0 Å². The second kappa shape index (κ2) is 12.6. The number of azo groups is 1. The third-order valence-electron chi connectivity index (χ3n) is 6.09. The fraction of sp³-hybridized carbons (Fsp3) is 0.0968. The highest BCUT2D eigenvalue weighted by atomic mass is 127. The average Bonchev–Trinajstić information content (AvgIpc) is 3.29. The highest BCUT2D eigenvalue weighted by Crippen LogP contribution is 2.36. The third-order valence-corrected chi connectivity index (χ3v) is 6.76. The fourth-order valence-corrected chi connectivity index (χ4v) is 4.54. The zero-order chi connectivity index (χ0) is 27.9. The molecule has 4 aromatic carbocycles. The average molecular weight is 645 g/mol. The van der Waals surface area contributed by atoms with Crippen molar-refractivity contribution in [2.75, 3.05) is 0 Å². The topological polar surface area (TPSA) is 113 Å². The number of halogens is 1. The standard InChI is InChI=1S/C31H24IN3O5/c32-23-13-16-26-25(18-23)28(30(37)33-26)34-35-29(36)22-11-14-24(15-12-22)40-27(17-20-7-3-1-4-8-20)31(38)39-19-21-9-5-2-6-10-21/h1-16,18,27,33,37H,17,19H2/t27-/m0/s1. The van der Waals surface area contributed by atoms with Gasteiger partial charge in [-0.1, -0.05) is 60.7 Å². The van der Waals surface area contributed by atoms with Crippen LogP contribution in [0.3, 0.4) is 0 Å². The van der Waals surface area contributed by atoms with Gasteiger partial charge < -0.3 is 19.6 Å². The van der Waals surface area contributed by atoms with E-state index >= 15 is 0 Å². The van der Waals surface area contributed by atoms with E-state index < -0.39 is 18.0 Å².